The van der Waals surface area contributed by atoms with Gasteiger partial charge in [-0.05, 0) is 67.8 Å². The van der Waals surface area contributed by atoms with E-state index < -0.39 is 20.7 Å². The molecule has 2 fully saturated rings. The highest BCUT2D eigenvalue weighted by Crippen LogP contribution is 2.36. The molecule has 11 heteroatoms. The molecule has 10 nitrogen and oxygen atoms in total. The van der Waals surface area contributed by atoms with Gasteiger partial charge in [0.2, 0.25) is 10.0 Å². The Balaban J connectivity index is 1.41. The van der Waals surface area contributed by atoms with Crippen LogP contribution in [0.5, 0.6) is 5.75 Å². The largest absolute Gasteiger partial charge is 0.494 e. The molecule has 4 rings (SSSR count). The molecule has 2 saturated heterocycles. The lowest BCUT2D eigenvalue weighted by atomic mass is 9.94. The number of piperazine rings is 1. The van der Waals surface area contributed by atoms with Crippen LogP contribution in [0, 0.1) is 0 Å². The van der Waals surface area contributed by atoms with E-state index in [1.165, 1.54) is 4.31 Å². The lowest BCUT2D eigenvalue weighted by Crippen LogP contribution is -2.63. The molecule has 0 radical (unpaired) electrons. The second-order valence-electron chi connectivity index (χ2n) is 10.4. The number of carbonyl (C=O) groups is 1. The smallest absolute Gasteiger partial charge is 0.266 e. The maximum absolute atomic E-state index is 13.9. The van der Waals surface area contributed by atoms with Crippen LogP contribution >= 0.6 is 0 Å². The quantitative estimate of drug-likeness (QED) is 0.260. The molecule has 0 saturated carbocycles. The molecule has 0 atom stereocenters. The van der Waals surface area contributed by atoms with Gasteiger partial charge in [0.05, 0.1) is 6.61 Å². The van der Waals surface area contributed by atoms with Gasteiger partial charge in [0.15, 0.2) is 4.75 Å². The highest BCUT2D eigenvalue weighted by Gasteiger charge is 2.55. The number of hydrogen-bond donors (Lipinski definition) is 2. The van der Waals surface area contributed by atoms with Gasteiger partial charge in [-0.15, -0.1) is 0 Å². The van der Waals surface area contributed by atoms with Crippen molar-refractivity contribution in [1.29, 1.82) is 0 Å². The van der Waals surface area contributed by atoms with Crippen molar-refractivity contribution in [3.63, 3.8) is 0 Å². The first-order chi connectivity index (χ1) is 18.7. The highest BCUT2D eigenvalue weighted by atomic mass is 32.2. The lowest BCUT2D eigenvalue weighted by Gasteiger charge is -2.44. The van der Waals surface area contributed by atoms with Crippen LogP contribution in [0.1, 0.15) is 32.6 Å². The molecular formula is C28H41N5O5S. The summed E-state index contributed by atoms with van der Waals surface area (Å²) in [6.07, 6.45) is 2.28. The molecule has 2 heterocycles. The van der Waals surface area contributed by atoms with E-state index in [2.05, 4.69) is 16.7 Å². The molecule has 0 bridgehead atoms. The Morgan fingerprint density at radius 3 is 1.97 bits per heavy atom. The first kappa shape index (κ1) is 29.0. The van der Waals surface area contributed by atoms with E-state index in [0.717, 1.165) is 35.7 Å². The molecule has 2 aromatic carbocycles. The van der Waals surface area contributed by atoms with Crippen LogP contribution in [0.25, 0.3) is 0 Å². The van der Waals surface area contributed by atoms with Crippen molar-refractivity contribution in [2.75, 3.05) is 74.7 Å². The summed E-state index contributed by atoms with van der Waals surface area (Å²) in [4.78, 5) is 19.2. The van der Waals surface area contributed by atoms with E-state index >= 15 is 0 Å². The Bertz CT molecular complexity index is 1190. The fourth-order valence-electron chi connectivity index (χ4n) is 5.31. The van der Waals surface area contributed by atoms with E-state index in [1.54, 1.807) is 5.48 Å². The molecular weight excluding hydrogens is 518 g/mol. The molecule has 0 aromatic heterocycles. The molecule has 2 aliphatic heterocycles. The van der Waals surface area contributed by atoms with Crippen LogP contribution in [0.2, 0.25) is 0 Å². The van der Waals surface area contributed by atoms with E-state index in [0.29, 0.717) is 32.8 Å². The van der Waals surface area contributed by atoms with Gasteiger partial charge < -0.3 is 19.4 Å². The number of ether oxygens (including phenoxy) is 1. The van der Waals surface area contributed by atoms with Crippen molar-refractivity contribution in [1.82, 2.24) is 9.79 Å². The number of hydrogen-bond acceptors (Lipinski definition) is 8. The Kier molecular flexibility index (Phi) is 9.24. The van der Waals surface area contributed by atoms with Crippen LogP contribution < -0.4 is 24.9 Å². The predicted molar refractivity (Wildman–Crippen MR) is 154 cm³/mol. The number of carbonyl (C=O) groups excluding carboxylic acids is 1. The molecule has 2 aromatic rings. The van der Waals surface area contributed by atoms with E-state index in [9.17, 15) is 18.4 Å². The normalized spacial score (nSPS) is 18.1. The minimum atomic E-state index is -4.03. The standard InChI is InChI=1S/C28H41N5O5S/c1-4-5-22-38-26-12-10-25(11-13-26)32-18-20-33(21-19-32)39(36,37)28(27(34)29-35)14-16-31(17-15-28)24-8-6-23(7-9-24)30(2)3/h6-13,35H,4-5,14-22H2,1-3H3,(H,29,34). The molecule has 2 aliphatic rings. The highest BCUT2D eigenvalue weighted by molar-refractivity contribution is 7.91. The summed E-state index contributed by atoms with van der Waals surface area (Å²) in [5, 5.41) is 9.54. The second-order valence-corrected chi connectivity index (χ2v) is 12.7. The average molecular weight is 560 g/mol. The van der Waals surface area contributed by atoms with Crippen molar-refractivity contribution in [2.45, 2.75) is 37.4 Å². The Morgan fingerprint density at radius 1 is 0.923 bits per heavy atom. The molecule has 0 aliphatic carbocycles. The molecule has 2 N–H and O–H groups in total. The zero-order valence-electron chi connectivity index (χ0n) is 23.2. The summed E-state index contributed by atoms with van der Waals surface area (Å²) < 4.78 is 33.3. The van der Waals surface area contributed by atoms with Gasteiger partial charge in [-0.25, -0.2) is 13.9 Å². The summed E-state index contributed by atoms with van der Waals surface area (Å²) in [7, 11) is -0.0760. The molecule has 214 valence electrons. The van der Waals surface area contributed by atoms with Crippen LogP contribution in [-0.2, 0) is 14.8 Å². The van der Waals surface area contributed by atoms with Crippen molar-refractivity contribution in [3.8, 4) is 5.75 Å². The van der Waals surface area contributed by atoms with Crippen LogP contribution in [0.4, 0.5) is 17.1 Å². The first-order valence-electron chi connectivity index (χ1n) is 13.7. The number of hydroxylamine groups is 1. The Hall–Kier alpha value is -3.02. The van der Waals surface area contributed by atoms with Gasteiger partial charge in [0, 0.05) is 70.4 Å². The van der Waals surface area contributed by atoms with Gasteiger partial charge in [-0.3, -0.25) is 10.0 Å². The average Bonchev–Trinajstić information content (AvgIpc) is 2.97. The molecule has 1 amide bonds. The second kappa shape index (κ2) is 12.4. The topological polar surface area (TPSA) is 106 Å². The van der Waals surface area contributed by atoms with Crippen molar-refractivity contribution < 1.29 is 23.2 Å². The van der Waals surface area contributed by atoms with Gasteiger partial charge in [-0.1, -0.05) is 13.3 Å². The lowest BCUT2D eigenvalue weighted by molar-refractivity contribution is -0.132. The fourth-order valence-corrected chi connectivity index (χ4v) is 7.43. The van der Waals surface area contributed by atoms with Crippen LogP contribution in [-0.4, -0.2) is 88.6 Å². The summed E-state index contributed by atoms with van der Waals surface area (Å²) in [5.74, 6) is -0.0310. The maximum Gasteiger partial charge on any atom is 0.266 e. The number of benzene rings is 2. The van der Waals surface area contributed by atoms with Crippen molar-refractivity contribution in [3.05, 3.63) is 48.5 Å². The zero-order valence-corrected chi connectivity index (χ0v) is 24.0. The SMILES string of the molecule is CCCCOc1ccc(N2CCN(S(=O)(=O)C3(C(=O)NO)CCN(c4ccc(N(C)C)cc4)CC3)CC2)cc1. The maximum atomic E-state index is 13.9. The molecule has 0 spiro atoms. The predicted octanol–water partition coefficient (Wildman–Crippen LogP) is 2.93. The van der Waals surface area contributed by atoms with E-state index in [-0.39, 0.29) is 25.9 Å². The number of unbranched alkanes of at least 4 members (excludes halogenated alkanes) is 1. The number of rotatable bonds is 10. The number of anilines is 3. The third kappa shape index (κ3) is 6.10. The zero-order chi connectivity index (χ0) is 28.0. The van der Waals surface area contributed by atoms with Crippen molar-refractivity contribution in [2.24, 2.45) is 0 Å². The van der Waals surface area contributed by atoms with Gasteiger partial charge in [0.1, 0.15) is 5.75 Å². The summed E-state index contributed by atoms with van der Waals surface area (Å²) >= 11 is 0. The monoisotopic (exact) mass is 559 g/mol. The summed E-state index contributed by atoms with van der Waals surface area (Å²) in [5.41, 5.74) is 4.72. The number of nitrogens with one attached hydrogen (secondary N) is 1. The van der Waals surface area contributed by atoms with Crippen LogP contribution in [0.3, 0.4) is 0 Å². The Labute approximate surface area is 232 Å². The van der Waals surface area contributed by atoms with E-state index in [1.807, 2.05) is 67.5 Å². The van der Waals surface area contributed by atoms with Gasteiger partial charge >= 0.3 is 0 Å². The number of nitrogens with zero attached hydrogens (tertiary/aromatic N) is 4. The molecule has 0 unspecified atom stereocenters. The number of amides is 1. The summed E-state index contributed by atoms with van der Waals surface area (Å²) in [6, 6.07) is 15.9. The Morgan fingerprint density at radius 2 is 1.46 bits per heavy atom. The minimum absolute atomic E-state index is 0.0941. The first-order valence-corrected chi connectivity index (χ1v) is 15.1. The number of sulfonamides is 1. The molecule has 39 heavy (non-hydrogen) atoms. The van der Waals surface area contributed by atoms with Gasteiger partial charge in [-0.2, -0.15) is 4.31 Å². The van der Waals surface area contributed by atoms with E-state index in [4.69, 9.17) is 4.74 Å². The third-order valence-electron chi connectivity index (χ3n) is 7.86. The van der Waals surface area contributed by atoms with Crippen LogP contribution in [0.15, 0.2) is 48.5 Å². The van der Waals surface area contributed by atoms with Crippen molar-refractivity contribution >= 4 is 33.0 Å². The number of piperidine rings is 1. The minimum Gasteiger partial charge on any atom is -0.494 e. The summed E-state index contributed by atoms with van der Waals surface area (Å²) in [6.45, 7) is 5.16. The third-order valence-corrected chi connectivity index (χ3v) is 10.5. The van der Waals surface area contributed by atoms with Gasteiger partial charge in [0.25, 0.3) is 5.91 Å². The fraction of sp³-hybridized carbons (Fsp3) is 0.536.